The summed E-state index contributed by atoms with van der Waals surface area (Å²) in [7, 11) is 1.56. The molecule has 0 bridgehead atoms. The van der Waals surface area contributed by atoms with Gasteiger partial charge in [-0.2, -0.15) is 0 Å². The number of urea groups is 1. The molecule has 2 amide bonds. The molecule has 1 saturated heterocycles. The molecule has 3 N–H and O–H groups in total. The number of hydrogen-bond acceptors (Lipinski definition) is 4. The number of aromatic amines is 1. The predicted molar refractivity (Wildman–Crippen MR) is 124 cm³/mol. The summed E-state index contributed by atoms with van der Waals surface area (Å²) in [5.41, 5.74) is 0.850. The molecule has 1 aliphatic heterocycles. The van der Waals surface area contributed by atoms with Crippen LogP contribution in [0.5, 0.6) is 0 Å². The van der Waals surface area contributed by atoms with Gasteiger partial charge in [-0.3, -0.25) is 20.1 Å². The van der Waals surface area contributed by atoms with E-state index in [9.17, 15) is 22.8 Å². The SMILES string of the molecule is COCCN1C[C@@H](NC(=O)Nc2c(C)c(=O)[nH]n2-c2ccccc2)[C@H](c2cc(F)c(F)c(F)c2)C1. The normalized spacial score (nSPS) is 18.1. The van der Waals surface area contributed by atoms with Crippen molar-refractivity contribution in [2.24, 2.45) is 0 Å². The summed E-state index contributed by atoms with van der Waals surface area (Å²) in [5.74, 6) is -4.33. The van der Waals surface area contributed by atoms with Gasteiger partial charge in [-0.1, -0.05) is 18.2 Å². The Balaban J connectivity index is 1.57. The third-order valence-electron chi connectivity index (χ3n) is 6.14. The first-order chi connectivity index (χ1) is 16.8. The van der Waals surface area contributed by atoms with Crippen LogP contribution in [0, 0.1) is 24.4 Å². The van der Waals surface area contributed by atoms with E-state index in [0.29, 0.717) is 37.5 Å². The van der Waals surface area contributed by atoms with E-state index < -0.39 is 35.4 Å². The lowest BCUT2D eigenvalue weighted by Crippen LogP contribution is -2.42. The van der Waals surface area contributed by atoms with Gasteiger partial charge in [0, 0.05) is 32.7 Å². The van der Waals surface area contributed by atoms with E-state index in [1.54, 1.807) is 38.3 Å². The molecule has 2 heterocycles. The molecule has 2 aromatic carbocycles. The van der Waals surface area contributed by atoms with Gasteiger partial charge in [-0.05, 0) is 36.8 Å². The summed E-state index contributed by atoms with van der Waals surface area (Å²) in [4.78, 5) is 27.2. The van der Waals surface area contributed by atoms with Crippen molar-refractivity contribution in [2.45, 2.75) is 18.9 Å². The minimum absolute atomic E-state index is 0.241. The van der Waals surface area contributed by atoms with Gasteiger partial charge >= 0.3 is 6.03 Å². The van der Waals surface area contributed by atoms with E-state index in [4.69, 9.17) is 4.74 Å². The first kappa shape index (κ1) is 24.6. The van der Waals surface area contributed by atoms with Gasteiger partial charge in [0.25, 0.3) is 5.56 Å². The molecule has 0 saturated carbocycles. The van der Waals surface area contributed by atoms with E-state index in [2.05, 4.69) is 15.7 Å². The fourth-order valence-corrected chi connectivity index (χ4v) is 4.31. The number of methoxy groups -OCH3 is 1. The standard InChI is InChI=1S/C24H26F3N5O3/c1-14-22(32(30-23(14)33)16-6-4-3-5-7-16)29-24(34)28-20-13-31(8-9-35-2)12-17(20)15-10-18(25)21(27)19(26)11-15/h3-7,10-11,17,20H,8-9,12-13H2,1-2H3,(H,30,33)(H2,28,29,34)/t17-,20+/m0/s1. The molecule has 0 radical (unpaired) electrons. The number of benzene rings is 2. The second-order valence-electron chi connectivity index (χ2n) is 8.45. The first-order valence-corrected chi connectivity index (χ1v) is 11.1. The lowest BCUT2D eigenvalue weighted by Gasteiger charge is -2.21. The number of carbonyl (C=O) groups is 1. The molecule has 0 unspecified atom stereocenters. The molecule has 11 heteroatoms. The number of amides is 2. The van der Waals surface area contributed by atoms with Gasteiger partial charge in [-0.25, -0.2) is 22.6 Å². The van der Waals surface area contributed by atoms with Crippen LogP contribution in [-0.2, 0) is 4.74 Å². The number of likely N-dealkylation sites (tertiary alicyclic amines) is 1. The molecule has 186 valence electrons. The number of carbonyl (C=O) groups excluding carboxylic acids is 1. The number of rotatable bonds is 7. The minimum Gasteiger partial charge on any atom is -0.383 e. The summed E-state index contributed by atoms with van der Waals surface area (Å²) in [6, 6.07) is 9.76. The van der Waals surface area contributed by atoms with Crippen molar-refractivity contribution in [3.8, 4) is 5.69 Å². The quantitative estimate of drug-likeness (QED) is 0.445. The zero-order chi connectivity index (χ0) is 25.1. The number of ether oxygens (including phenoxy) is 1. The number of halogens is 3. The third kappa shape index (κ3) is 5.25. The number of anilines is 1. The molecule has 2 atom stereocenters. The van der Waals surface area contributed by atoms with Crippen LogP contribution < -0.4 is 16.2 Å². The number of H-pyrrole nitrogens is 1. The summed E-state index contributed by atoms with van der Waals surface area (Å²) < 4.78 is 48.0. The second kappa shape index (κ2) is 10.4. The van der Waals surface area contributed by atoms with Crippen molar-refractivity contribution >= 4 is 11.8 Å². The molecule has 4 rings (SSSR count). The van der Waals surface area contributed by atoms with Gasteiger partial charge in [0.1, 0.15) is 5.82 Å². The van der Waals surface area contributed by atoms with Crippen LogP contribution in [0.3, 0.4) is 0 Å². The van der Waals surface area contributed by atoms with Gasteiger partial charge in [0.2, 0.25) is 0 Å². The Morgan fingerprint density at radius 3 is 2.49 bits per heavy atom. The Bertz CT molecular complexity index is 1240. The average Bonchev–Trinajstić information content (AvgIpc) is 3.37. The average molecular weight is 489 g/mol. The van der Waals surface area contributed by atoms with Crippen molar-refractivity contribution in [1.82, 2.24) is 20.0 Å². The Kier molecular flexibility index (Phi) is 7.27. The molecule has 8 nitrogen and oxygen atoms in total. The fraction of sp³-hybridized carbons (Fsp3) is 0.333. The molecule has 1 aromatic heterocycles. The van der Waals surface area contributed by atoms with Crippen molar-refractivity contribution < 1.29 is 22.7 Å². The molecule has 0 aliphatic carbocycles. The van der Waals surface area contributed by atoms with Crippen LogP contribution in [0.2, 0.25) is 0 Å². The Labute approximate surface area is 199 Å². The number of para-hydroxylation sites is 1. The predicted octanol–water partition coefficient (Wildman–Crippen LogP) is 3.13. The third-order valence-corrected chi connectivity index (χ3v) is 6.14. The van der Waals surface area contributed by atoms with Crippen LogP contribution >= 0.6 is 0 Å². The largest absolute Gasteiger partial charge is 0.383 e. The monoisotopic (exact) mass is 489 g/mol. The van der Waals surface area contributed by atoms with Gasteiger partial charge in [0.15, 0.2) is 17.5 Å². The lowest BCUT2D eigenvalue weighted by molar-refractivity contribution is 0.159. The summed E-state index contributed by atoms with van der Waals surface area (Å²) in [6.07, 6.45) is 0. The molecular formula is C24H26F3N5O3. The van der Waals surface area contributed by atoms with Crippen molar-refractivity contribution in [2.75, 3.05) is 38.7 Å². The highest BCUT2D eigenvalue weighted by Crippen LogP contribution is 2.30. The minimum atomic E-state index is -1.54. The highest BCUT2D eigenvalue weighted by molar-refractivity contribution is 5.89. The van der Waals surface area contributed by atoms with E-state index in [0.717, 1.165) is 12.1 Å². The van der Waals surface area contributed by atoms with Crippen LogP contribution in [0.25, 0.3) is 5.69 Å². The number of hydrogen-bond donors (Lipinski definition) is 3. The van der Waals surface area contributed by atoms with E-state index >= 15 is 0 Å². The summed E-state index contributed by atoms with van der Waals surface area (Å²) >= 11 is 0. The maximum atomic E-state index is 13.9. The van der Waals surface area contributed by atoms with Gasteiger partial charge in [0.05, 0.1) is 23.9 Å². The van der Waals surface area contributed by atoms with Crippen molar-refractivity contribution in [3.05, 3.63) is 81.4 Å². The van der Waals surface area contributed by atoms with Crippen LogP contribution in [0.4, 0.5) is 23.8 Å². The molecular weight excluding hydrogens is 463 g/mol. The van der Waals surface area contributed by atoms with E-state index in [1.807, 2.05) is 11.0 Å². The van der Waals surface area contributed by atoms with Gasteiger partial charge in [-0.15, -0.1) is 0 Å². The van der Waals surface area contributed by atoms with Crippen molar-refractivity contribution in [3.63, 3.8) is 0 Å². The number of nitrogens with zero attached hydrogens (tertiary/aromatic N) is 2. The van der Waals surface area contributed by atoms with E-state index in [-0.39, 0.29) is 16.9 Å². The van der Waals surface area contributed by atoms with Gasteiger partial charge < -0.3 is 10.1 Å². The maximum absolute atomic E-state index is 13.9. The van der Waals surface area contributed by atoms with E-state index in [1.165, 1.54) is 4.68 Å². The Morgan fingerprint density at radius 2 is 1.83 bits per heavy atom. The molecule has 1 fully saturated rings. The van der Waals surface area contributed by atoms with Crippen LogP contribution in [0.1, 0.15) is 17.0 Å². The topological polar surface area (TPSA) is 91.4 Å². The summed E-state index contributed by atoms with van der Waals surface area (Å²) in [5, 5.41) is 8.26. The van der Waals surface area contributed by atoms with Crippen LogP contribution in [0.15, 0.2) is 47.3 Å². The second-order valence-corrected chi connectivity index (χ2v) is 8.45. The highest BCUT2D eigenvalue weighted by atomic mass is 19.2. The summed E-state index contributed by atoms with van der Waals surface area (Å²) in [6.45, 7) is 3.34. The Hall–Kier alpha value is -3.57. The lowest BCUT2D eigenvalue weighted by atomic mass is 9.94. The molecule has 0 spiro atoms. The fourth-order valence-electron chi connectivity index (χ4n) is 4.31. The molecule has 3 aromatic rings. The molecule has 35 heavy (non-hydrogen) atoms. The zero-order valence-electron chi connectivity index (χ0n) is 19.3. The highest BCUT2D eigenvalue weighted by Gasteiger charge is 2.36. The molecule has 1 aliphatic rings. The smallest absolute Gasteiger partial charge is 0.320 e. The Morgan fingerprint density at radius 1 is 1.14 bits per heavy atom. The first-order valence-electron chi connectivity index (χ1n) is 11.1. The van der Waals surface area contributed by atoms with Crippen molar-refractivity contribution in [1.29, 1.82) is 0 Å². The zero-order valence-corrected chi connectivity index (χ0v) is 19.3. The number of nitrogens with one attached hydrogen (secondary N) is 3. The maximum Gasteiger partial charge on any atom is 0.320 e. The van der Waals surface area contributed by atoms with Crippen LogP contribution in [-0.4, -0.2) is 60.1 Å². The number of aromatic nitrogens is 2.